The second kappa shape index (κ2) is 14.1. The first-order valence-electron chi connectivity index (χ1n) is 18.3. The number of nitrogens with zero attached hydrogens (tertiary/aromatic N) is 1. The van der Waals surface area contributed by atoms with Gasteiger partial charge in [-0.15, -0.1) is 0 Å². The normalized spacial score (nSPS) is 26.0. The molecule has 1 saturated heterocycles. The highest BCUT2D eigenvalue weighted by Crippen LogP contribution is 2.57. The third kappa shape index (κ3) is 8.79. The molecule has 3 saturated carbocycles. The molecule has 4 N–H and O–H groups in total. The number of amides is 5. The number of fused-ring (bicyclic) bond motifs is 1. The summed E-state index contributed by atoms with van der Waals surface area (Å²) in [5, 5.41) is 11.5. The van der Waals surface area contributed by atoms with Crippen LogP contribution in [0.2, 0.25) is 0 Å². The number of nitrogens with one attached hydrogen (secondary N) is 4. The number of likely N-dealkylation sites (tertiary alicyclic amines) is 1. The number of carbonyl (C=O) groups excluding carboxylic acids is 5. The summed E-state index contributed by atoms with van der Waals surface area (Å²) in [6, 6.07) is -3.50. The minimum absolute atomic E-state index is 0.00487. The molecule has 4 fully saturated rings. The van der Waals surface area contributed by atoms with Gasteiger partial charge in [-0.1, -0.05) is 67.2 Å². The molecule has 0 spiro atoms. The van der Waals surface area contributed by atoms with Crippen molar-refractivity contribution in [3.8, 4) is 0 Å². The fourth-order valence-electron chi connectivity index (χ4n) is 7.95. The monoisotopic (exact) mass is 707 g/mol. The number of carbonyl (C=O) groups is 5. The highest BCUT2D eigenvalue weighted by molar-refractivity contribution is 7.92. The first kappa shape index (κ1) is 39.1. The zero-order chi connectivity index (χ0) is 36.7. The van der Waals surface area contributed by atoms with Crippen molar-refractivity contribution in [2.75, 3.05) is 12.3 Å². The molecule has 1 aliphatic heterocycles. The highest BCUT2D eigenvalue weighted by Gasteiger charge is 2.61. The molecule has 4 rings (SSSR count). The van der Waals surface area contributed by atoms with E-state index in [9.17, 15) is 32.4 Å². The quantitative estimate of drug-likeness (QED) is 0.225. The van der Waals surface area contributed by atoms with Crippen LogP contribution < -0.4 is 21.3 Å². The lowest BCUT2D eigenvalue weighted by Gasteiger charge is -2.48. The maximum Gasteiger partial charge on any atom is 0.315 e. The Balaban J connectivity index is 1.56. The van der Waals surface area contributed by atoms with E-state index in [-0.39, 0.29) is 29.0 Å². The third-order valence-electron chi connectivity index (χ3n) is 11.3. The molecule has 0 bridgehead atoms. The number of ketones is 1. The fourth-order valence-corrected chi connectivity index (χ4v) is 9.47. The van der Waals surface area contributed by atoms with Gasteiger partial charge in [-0.05, 0) is 82.0 Å². The van der Waals surface area contributed by atoms with Crippen LogP contribution in [0.25, 0.3) is 0 Å². The van der Waals surface area contributed by atoms with Crippen LogP contribution in [-0.2, 0) is 29.0 Å². The molecule has 3 aliphatic carbocycles. The molecule has 5 unspecified atom stereocenters. The van der Waals surface area contributed by atoms with Crippen molar-refractivity contribution in [1.29, 1.82) is 0 Å². The number of urea groups is 1. The fraction of sp³-hybridized carbons (Fsp3) is 0.861. The second-order valence-corrected chi connectivity index (χ2v) is 20.7. The number of hydrogen-bond donors (Lipinski definition) is 4. The van der Waals surface area contributed by atoms with Crippen molar-refractivity contribution in [3.63, 3.8) is 0 Å². The van der Waals surface area contributed by atoms with Crippen LogP contribution in [0, 0.1) is 22.7 Å². The lowest BCUT2D eigenvalue weighted by molar-refractivity contribution is -0.145. The van der Waals surface area contributed by atoms with Crippen LogP contribution in [0.15, 0.2) is 0 Å². The SMILES string of the molecule is CCCC(NC(=O)C1C2CC(C)(C)C2CN1C(=O)C(NC(=O)NC1(CS(=O)(=O)C(C)(C)C)CCCCC1)C(C)(C)C)C(=O)C(=O)NC1CC1. The summed E-state index contributed by atoms with van der Waals surface area (Å²) in [5.74, 6) is -2.51. The average molecular weight is 708 g/mol. The van der Waals surface area contributed by atoms with Crippen molar-refractivity contribution in [1.82, 2.24) is 26.2 Å². The Morgan fingerprint density at radius 1 is 0.918 bits per heavy atom. The van der Waals surface area contributed by atoms with Gasteiger partial charge in [0.2, 0.25) is 17.6 Å². The summed E-state index contributed by atoms with van der Waals surface area (Å²) >= 11 is 0. The smallest absolute Gasteiger partial charge is 0.315 e. The van der Waals surface area contributed by atoms with Crippen LogP contribution >= 0.6 is 0 Å². The molecule has 13 heteroatoms. The zero-order valence-electron chi connectivity index (χ0n) is 31.2. The Morgan fingerprint density at radius 2 is 1.53 bits per heavy atom. The molecule has 5 atom stereocenters. The van der Waals surface area contributed by atoms with Crippen molar-refractivity contribution in [2.45, 2.75) is 161 Å². The van der Waals surface area contributed by atoms with E-state index in [0.29, 0.717) is 38.6 Å². The molecular weight excluding hydrogens is 646 g/mol. The average Bonchev–Trinajstić information content (AvgIpc) is 3.72. The summed E-state index contributed by atoms with van der Waals surface area (Å²) in [7, 11) is -3.56. The number of rotatable bonds is 12. The van der Waals surface area contributed by atoms with Gasteiger partial charge in [-0.3, -0.25) is 19.2 Å². The molecule has 278 valence electrons. The van der Waals surface area contributed by atoms with E-state index in [1.807, 2.05) is 27.7 Å². The Bertz CT molecular complexity index is 1400. The molecule has 49 heavy (non-hydrogen) atoms. The van der Waals surface area contributed by atoms with Gasteiger partial charge in [0.1, 0.15) is 12.1 Å². The maximum atomic E-state index is 14.6. The first-order valence-corrected chi connectivity index (χ1v) is 19.9. The minimum atomic E-state index is -3.56. The molecule has 1 heterocycles. The summed E-state index contributed by atoms with van der Waals surface area (Å²) in [4.78, 5) is 69.7. The Labute approximate surface area is 293 Å². The molecular formula is C36H61N5O7S. The lowest BCUT2D eigenvalue weighted by atomic mass is 9.55. The van der Waals surface area contributed by atoms with Crippen molar-refractivity contribution in [2.24, 2.45) is 22.7 Å². The van der Waals surface area contributed by atoms with E-state index in [1.54, 1.807) is 25.7 Å². The Hall–Kier alpha value is -2.70. The van der Waals surface area contributed by atoms with Crippen molar-refractivity contribution >= 4 is 39.4 Å². The second-order valence-electron chi connectivity index (χ2n) is 18.0. The standard InChI is InChI=1S/C36H61N5O7S/c1-10-14-25(27(42)30(44)37-22-15-16-22)38-29(43)26-23-19-35(8,9)24(23)20-41(26)31(45)28(33(2,3)4)39-32(46)40-36(17-12-11-13-18-36)21-49(47,48)34(5,6)7/h22-26,28H,10-21H2,1-9H3,(H,37,44)(H,38,43)(H2,39,40,46). The van der Waals surface area contributed by atoms with E-state index in [0.717, 1.165) is 32.1 Å². The third-order valence-corrected chi connectivity index (χ3v) is 14.1. The van der Waals surface area contributed by atoms with E-state index < -0.39 is 73.2 Å². The van der Waals surface area contributed by atoms with Crippen LogP contribution in [0.5, 0.6) is 0 Å². The summed E-state index contributed by atoms with van der Waals surface area (Å²) < 4.78 is 25.7. The minimum Gasteiger partial charge on any atom is -0.347 e. The van der Waals surface area contributed by atoms with Gasteiger partial charge in [0.15, 0.2) is 9.84 Å². The molecule has 0 aromatic rings. The number of Topliss-reactive ketones (excluding diaryl/α,β-unsaturated/α-hetero) is 1. The molecule has 4 aliphatic rings. The van der Waals surface area contributed by atoms with Crippen LogP contribution in [0.1, 0.15) is 127 Å². The van der Waals surface area contributed by atoms with Crippen molar-refractivity contribution in [3.05, 3.63) is 0 Å². The van der Waals surface area contributed by atoms with E-state index in [2.05, 4.69) is 35.1 Å². The lowest BCUT2D eigenvalue weighted by Crippen LogP contribution is -2.64. The largest absolute Gasteiger partial charge is 0.347 e. The molecule has 0 aromatic heterocycles. The van der Waals surface area contributed by atoms with Gasteiger partial charge >= 0.3 is 6.03 Å². The van der Waals surface area contributed by atoms with Crippen molar-refractivity contribution < 1.29 is 32.4 Å². The number of sulfone groups is 1. The Kier molecular flexibility index (Phi) is 11.3. The van der Waals surface area contributed by atoms with E-state index >= 15 is 0 Å². The number of hydrogen-bond acceptors (Lipinski definition) is 7. The molecule has 0 radical (unpaired) electrons. The first-order chi connectivity index (χ1) is 22.5. The summed E-state index contributed by atoms with van der Waals surface area (Å²) in [5.41, 5.74) is -1.81. The van der Waals surface area contributed by atoms with Crippen LogP contribution in [0.3, 0.4) is 0 Å². The predicted octanol–water partition coefficient (Wildman–Crippen LogP) is 3.62. The maximum absolute atomic E-state index is 14.6. The Morgan fingerprint density at radius 3 is 2.04 bits per heavy atom. The van der Waals surface area contributed by atoms with E-state index in [1.165, 1.54) is 0 Å². The molecule has 12 nitrogen and oxygen atoms in total. The van der Waals surface area contributed by atoms with Gasteiger partial charge in [0.05, 0.1) is 22.1 Å². The van der Waals surface area contributed by atoms with Gasteiger partial charge in [-0.25, -0.2) is 13.2 Å². The summed E-state index contributed by atoms with van der Waals surface area (Å²) in [6.45, 7) is 16.9. The highest BCUT2D eigenvalue weighted by atomic mass is 32.2. The zero-order valence-corrected chi connectivity index (χ0v) is 32.0. The molecule has 5 amide bonds. The van der Waals surface area contributed by atoms with E-state index in [4.69, 9.17) is 0 Å². The van der Waals surface area contributed by atoms with Gasteiger partial charge in [0, 0.05) is 12.6 Å². The predicted molar refractivity (Wildman–Crippen MR) is 188 cm³/mol. The van der Waals surface area contributed by atoms with Crippen LogP contribution in [-0.4, -0.2) is 89.6 Å². The van der Waals surface area contributed by atoms with Crippen LogP contribution in [0.4, 0.5) is 4.79 Å². The van der Waals surface area contributed by atoms with Gasteiger partial charge in [0.25, 0.3) is 5.91 Å². The topological polar surface area (TPSA) is 171 Å². The summed E-state index contributed by atoms with van der Waals surface area (Å²) in [6.07, 6.45) is 6.82. The van der Waals surface area contributed by atoms with Gasteiger partial charge in [-0.2, -0.15) is 0 Å². The molecule has 0 aromatic carbocycles. The van der Waals surface area contributed by atoms with Gasteiger partial charge < -0.3 is 26.2 Å².